The highest BCUT2D eigenvalue weighted by Gasteiger charge is 2.19. The normalized spacial score (nSPS) is 14.3. The lowest BCUT2D eigenvalue weighted by atomic mass is 9.98. The van der Waals surface area contributed by atoms with Gasteiger partial charge in [-0.05, 0) is 26.7 Å². The Morgan fingerprint density at radius 3 is 2.86 bits per heavy atom. The minimum atomic E-state index is -0.455. The Morgan fingerprint density at radius 2 is 2.36 bits per heavy atom. The molecule has 0 saturated heterocycles. The number of aliphatic hydroxyl groups is 1. The summed E-state index contributed by atoms with van der Waals surface area (Å²) in [5.41, 5.74) is 0.655. The van der Waals surface area contributed by atoms with E-state index in [0.29, 0.717) is 6.42 Å². The second-order valence-corrected chi connectivity index (χ2v) is 4.05. The highest BCUT2D eigenvalue weighted by molar-refractivity contribution is 5.06. The van der Waals surface area contributed by atoms with Gasteiger partial charge in [0.25, 0.3) is 0 Å². The van der Waals surface area contributed by atoms with E-state index in [4.69, 9.17) is 4.74 Å². The maximum absolute atomic E-state index is 9.75. The zero-order valence-electron chi connectivity index (χ0n) is 8.95. The first-order valence-electron chi connectivity index (χ1n) is 4.77. The van der Waals surface area contributed by atoms with Gasteiger partial charge in [-0.1, -0.05) is 0 Å². The van der Waals surface area contributed by atoms with E-state index < -0.39 is 6.10 Å². The van der Waals surface area contributed by atoms with Crippen LogP contribution in [0.15, 0.2) is 12.4 Å². The van der Waals surface area contributed by atoms with Crippen LogP contribution in [0.1, 0.15) is 38.4 Å². The molecule has 0 spiro atoms. The minimum absolute atomic E-state index is 0.176. The SMILES string of the molecule is COC(C)(C)CCC(O)c1cn[nH]c1. The number of aliphatic hydroxyl groups excluding tert-OH is 1. The van der Waals surface area contributed by atoms with Gasteiger partial charge in [0.2, 0.25) is 0 Å². The maximum atomic E-state index is 9.75. The molecule has 4 heteroatoms. The largest absolute Gasteiger partial charge is 0.388 e. The number of methoxy groups -OCH3 is 1. The van der Waals surface area contributed by atoms with Gasteiger partial charge >= 0.3 is 0 Å². The van der Waals surface area contributed by atoms with Gasteiger partial charge in [0.05, 0.1) is 17.9 Å². The molecular formula is C10H18N2O2. The number of H-pyrrole nitrogens is 1. The summed E-state index contributed by atoms with van der Waals surface area (Å²) in [6.45, 7) is 4.02. The first kappa shape index (κ1) is 11.2. The van der Waals surface area contributed by atoms with Gasteiger partial charge in [-0.15, -0.1) is 0 Å². The lowest BCUT2D eigenvalue weighted by Crippen LogP contribution is -2.23. The van der Waals surface area contributed by atoms with Crippen LogP contribution < -0.4 is 0 Å². The molecule has 0 bridgehead atoms. The summed E-state index contributed by atoms with van der Waals surface area (Å²) in [5.74, 6) is 0. The van der Waals surface area contributed by atoms with Crippen LogP contribution in [0.5, 0.6) is 0 Å². The lowest BCUT2D eigenvalue weighted by molar-refractivity contribution is 0.00279. The molecule has 1 aromatic rings. The standard InChI is InChI=1S/C10H18N2O2/c1-10(2,14-3)5-4-9(13)8-6-11-12-7-8/h6-7,9,13H,4-5H2,1-3H3,(H,11,12). The number of nitrogens with zero attached hydrogens (tertiary/aromatic N) is 1. The number of rotatable bonds is 5. The van der Waals surface area contributed by atoms with Crippen LogP contribution in [-0.4, -0.2) is 28.0 Å². The summed E-state index contributed by atoms with van der Waals surface area (Å²) >= 11 is 0. The van der Waals surface area contributed by atoms with Crippen molar-refractivity contribution in [3.05, 3.63) is 18.0 Å². The average molecular weight is 198 g/mol. The molecule has 1 rings (SSSR count). The molecule has 80 valence electrons. The molecule has 2 N–H and O–H groups in total. The molecule has 14 heavy (non-hydrogen) atoms. The van der Waals surface area contributed by atoms with Gasteiger partial charge in [0.1, 0.15) is 0 Å². The van der Waals surface area contributed by atoms with Gasteiger partial charge in [-0.2, -0.15) is 5.10 Å². The van der Waals surface area contributed by atoms with Crippen molar-refractivity contribution in [3.63, 3.8) is 0 Å². The summed E-state index contributed by atoms with van der Waals surface area (Å²) in [6.07, 6.45) is 4.40. The van der Waals surface area contributed by atoms with Crippen LogP contribution in [0, 0.1) is 0 Å². The molecule has 0 radical (unpaired) electrons. The zero-order chi connectivity index (χ0) is 10.6. The molecular weight excluding hydrogens is 180 g/mol. The minimum Gasteiger partial charge on any atom is -0.388 e. The summed E-state index contributed by atoms with van der Waals surface area (Å²) < 4.78 is 5.27. The third kappa shape index (κ3) is 3.12. The third-order valence-corrected chi connectivity index (χ3v) is 2.48. The van der Waals surface area contributed by atoms with E-state index in [9.17, 15) is 5.11 Å². The molecule has 4 nitrogen and oxygen atoms in total. The molecule has 0 aliphatic rings. The molecule has 1 atom stereocenters. The topological polar surface area (TPSA) is 58.1 Å². The van der Waals surface area contributed by atoms with Crippen molar-refractivity contribution < 1.29 is 9.84 Å². The molecule has 1 aromatic heterocycles. The second kappa shape index (κ2) is 4.57. The van der Waals surface area contributed by atoms with E-state index in [1.54, 1.807) is 19.5 Å². The molecule has 1 heterocycles. The van der Waals surface area contributed by atoms with Crippen molar-refractivity contribution in [1.82, 2.24) is 10.2 Å². The molecule has 0 aromatic carbocycles. The van der Waals surface area contributed by atoms with E-state index in [-0.39, 0.29) is 5.60 Å². The average Bonchev–Trinajstić information content (AvgIpc) is 2.67. The molecule has 0 fully saturated rings. The number of hydrogen-bond acceptors (Lipinski definition) is 3. The van der Waals surface area contributed by atoms with Gasteiger partial charge in [-0.3, -0.25) is 5.10 Å². The van der Waals surface area contributed by atoms with Crippen LogP contribution in [-0.2, 0) is 4.74 Å². The highest BCUT2D eigenvalue weighted by Crippen LogP contribution is 2.23. The first-order valence-corrected chi connectivity index (χ1v) is 4.77. The van der Waals surface area contributed by atoms with Gasteiger partial charge in [0, 0.05) is 18.9 Å². The highest BCUT2D eigenvalue weighted by atomic mass is 16.5. The van der Waals surface area contributed by atoms with Crippen molar-refractivity contribution in [2.24, 2.45) is 0 Å². The Morgan fingerprint density at radius 1 is 1.64 bits per heavy atom. The molecule has 0 amide bonds. The van der Waals surface area contributed by atoms with Gasteiger partial charge < -0.3 is 9.84 Å². The number of hydrogen-bond donors (Lipinski definition) is 2. The molecule has 1 unspecified atom stereocenters. The van der Waals surface area contributed by atoms with E-state index >= 15 is 0 Å². The van der Waals surface area contributed by atoms with Crippen molar-refractivity contribution in [1.29, 1.82) is 0 Å². The van der Waals surface area contributed by atoms with E-state index in [1.165, 1.54) is 0 Å². The smallest absolute Gasteiger partial charge is 0.0821 e. The van der Waals surface area contributed by atoms with Crippen molar-refractivity contribution in [2.75, 3.05) is 7.11 Å². The Hall–Kier alpha value is -0.870. The quantitative estimate of drug-likeness (QED) is 0.756. The van der Waals surface area contributed by atoms with Crippen LogP contribution >= 0.6 is 0 Å². The Balaban J connectivity index is 2.39. The third-order valence-electron chi connectivity index (χ3n) is 2.48. The van der Waals surface area contributed by atoms with Crippen molar-refractivity contribution in [2.45, 2.75) is 38.4 Å². The fourth-order valence-corrected chi connectivity index (χ4v) is 1.20. The summed E-state index contributed by atoms with van der Waals surface area (Å²) in [7, 11) is 1.68. The van der Waals surface area contributed by atoms with E-state index in [0.717, 1.165) is 12.0 Å². The van der Waals surface area contributed by atoms with Gasteiger partial charge in [-0.25, -0.2) is 0 Å². The molecule has 0 saturated carbocycles. The van der Waals surface area contributed by atoms with Crippen LogP contribution in [0.4, 0.5) is 0 Å². The Labute approximate surface area is 84.3 Å². The van der Waals surface area contributed by atoms with Crippen LogP contribution in [0.2, 0.25) is 0 Å². The zero-order valence-corrected chi connectivity index (χ0v) is 8.95. The summed E-state index contributed by atoms with van der Waals surface area (Å²) in [5, 5.41) is 16.2. The first-order chi connectivity index (χ1) is 6.55. The Bertz CT molecular complexity index is 257. The van der Waals surface area contributed by atoms with Crippen LogP contribution in [0.3, 0.4) is 0 Å². The monoisotopic (exact) mass is 198 g/mol. The molecule has 0 aliphatic carbocycles. The fraction of sp³-hybridized carbons (Fsp3) is 0.700. The molecule has 0 aliphatic heterocycles. The predicted molar refractivity (Wildman–Crippen MR) is 53.9 cm³/mol. The predicted octanol–water partition coefficient (Wildman–Crippen LogP) is 1.65. The number of nitrogens with one attached hydrogen (secondary N) is 1. The Kier molecular flexibility index (Phi) is 3.66. The van der Waals surface area contributed by atoms with Gasteiger partial charge in [0.15, 0.2) is 0 Å². The van der Waals surface area contributed by atoms with Crippen molar-refractivity contribution in [3.8, 4) is 0 Å². The maximum Gasteiger partial charge on any atom is 0.0821 e. The fourth-order valence-electron chi connectivity index (χ4n) is 1.20. The number of ether oxygens (including phenoxy) is 1. The van der Waals surface area contributed by atoms with E-state index in [2.05, 4.69) is 10.2 Å². The number of aromatic nitrogens is 2. The summed E-state index contributed by atoms with van der Waals surface area (Å²) in [6, 6.07) is 0. The number of aromatic amines is 1. The second-order valence-electron chi connectivity index (χ2n) is 4.05. The van der Waals surface area contributed by atoms with Crippen molar-refractivity contribution >= 4 is 0 Å². The van der Waals surface area contributed by atoms with Crippen LogP contribution in [0.25, 0.3) is 0 Å². The lowest BCUT2D eigenvalue weighted by Gasteiger charge is -2.23. The van der Waals surface area contributed by atoms with E-state index in [1.807, 2.05) is 13.8 Å². The summed E-state index contributed by atoms with van der Waals surface area (Å²) in [4.78, 5) is 0.